The molecule has 8 heteroatoms. The quantitative estimate of drug-likeness (QED) is 0.338. The highest BCUT2D eigenvalue weighted by Gasteiger charge is 2.03. The van der Waals surface area contributed by atoms with Crippen LogP contribution in [0.4, 0.5) is 0 Å². The van der Waals surface area contributed by atoms with Gasteiger partial charge >= 0.3 is 0 Å². The maximum absolute atomic E-state index is 12.2. The first kappa shape index (κ1) is 22.0. The van der Waals surface area contributed by atoms with E-state index >= 15 is 0 Å². The van der Waals surface area contributed by atoms with Gasteiger partial charge in [0.05, 0.1) is 28.0 Å². The van der Waals surface area contributed by atoms with Crippen molar-refractivity contribution in [3.05, 3.63) is 46.4 Å². The van der Waals surface area contributed by atoms with E-state index in [1.807, 2.05) is 44.2 Å². The Hall–Kier alpha value is -1.00. The fraction of sp³-hybridized carbons (Fsp3) is 0.412. The van der Waals surface area contributed by atoms with Gasteiger partial charge in [0.1, 0.15) is 0 Å². The Morgan fingerprint density at radius 1 is 1.28 bits per heavy atom. The molecule has 1 unspecified atom stereocenters. The predicted molar refractivity (Wildman–Crippen MR) is 118 cm³/mol. The minimum atomic E-state index is -1.01. The van der Waals surface area contributed by atoms with Gasteiger partial charge < -0.3 is 10.6 Å². The Bertz CT molecular complexity index is 676. The first-order valence-corrected chi connectivity index (χ1v) is 10.3. The van der Waals surface area contributed by atoms with Crippen molar-refractivity contribution >= 4 is 52.1 Å². The largest absolute Gasteiger partial charge is 0.357 e. The van der Waals surface area contributed by atoms with Gasteiger partial charge in [-0.25, -0.2) is 4.98 Å². The van der Waals surface area contributed by atoms with Crippen molar-refractivity contribution in [3.63, 3.8) is 0 Å². The third-order valence-corrected chi connectivity index (χ3v) is 5.41. The summed E-state index contributed by atoms with van der Waals surface area (Å²) in [5.41, 5.74) is 1.10. The van der Waals surface area contributed by atoms with Crippen LogP contribution in [-0.4, -0.2) is 40.5 Å². The van der Waals surface area contributed by atoms with Gasteiger partial charge in [0, 0.05) is 35.5 Å². The molecule has 0 aliphatic rings. The summed E-state index contributed by atoms with van der Waals surface area (Å²) in [6.07, 6.45) is 0.866. The molecule has 2 aromatic rings. The van der Waals surface area contributed by atoms with Crippen molar-refractivity contribution in [2.24, 2.45) is 4.99 Å². The molecule has 0 fully saturated rings. The third kappa shape index (κ3) is 8.28. The zero-order valence-electron chi connectivity index (χ0n) is 14.5. The molecule has 0 bridgehead atoms. The molecule has 0 amide bonds. The summed E-state index contributed by atoms with van der Waals surface area (Å²) < 4.78 is 12.2. The Balaban J connectivity index is 0.00000312. The summed E-state index contributed by atoms with van der Waals surface area (Å²) >= 11 is 1.67. The average molecular weight is 492 g/mol. The molecule has 2 rings (SSSR count). The van der Waals surface area contributed by atoms with E-state index in [9.17, 15) is 4.21 Å². The number of aliphatic imine (C=N–C) groups is 1. The fourth-order valence-electron chi connectivity index (χ4n) is 2.10. The summed E-state index contributed by atoms with van der Waals surface area (Å²) in [4.78, 5) is 9.80. The normalized spacial score (nSPS) is 12.3. The molecule has 0 aliphatic heterocycles. The number of aromatic nitrogens is 1. The number of guanidine groups is 1. The van der Waals surface area contributed by atoms with Gasteiger partial charge in [0.15, 0.2) is 5.96 Å². The highest BCUT2D eigenvalue weighted by atomic mass is 127. The minimum absolute atomic E-state index is 0. The number of thiazole rings is 1. The van der Waals surface area contributed by atoms with Gasteiger partial charge in [-0.2, -0.15) is 0 Å². The van der Waals surface area contributed by atoms with Crippen LogP contribution in [0.25, 0.3) is 0 Å². The second-order valence-corrected chi connectivity index (χ2v) is 7.79. The van der Waals surface area contributed by atoms with Crippen LogP contribution in [0.15, 0.2) is 45.6 Å². The molecule has 0 aliphatic carbocycles. The van der Waals surface area contributed by atoms with E-state index < -0.39 is 10.8 Å². The second-order valence-electron chi connectivity index (χ2n) is 5.16. The van der Waals surface area contributed by atoms with Crippen LogP contribution in [0.2, 0.25) is 0 Å². The molecular formula is C17H25IN4OS2. The van der Waals surface area contributed by atoms with Gasteiger partial charge in [-0.15, -0.1) is 35.3 Å². The van der Waals surface area contributed by atoms with E-state index in [0.29, 0.717) is 12.3 Å². The minimum Gasteiger partial charge on any atom is -0.357 e. The van der Waals surface area contributed by atoms with Gasteiger partial charge in [0.2, 0.25) is 0 Å². The van der Waals surface area contributed by atoms with E-state index in [1.165, 1.54) is 0 Å². The van der Waals surface area contributed by atoms with E-state index in [0.717, 1.165) is 41.1 Å². The number of halogens is 1. The fourth-order valence-corrected chi connectivity index (χ4v) is 3.70. The SMILES string of the molecule is CCNC(=NCCS(=O)c1ccccc1)NCCc1csc(C)n1.I. The van der Waals surface area contributed by atoms with Crippen LogP contribution >= 0.6 is 35.3 Å². The zero-order chi connectivity index (χ0) is 17.2. The summed E-state index contributed by atoms with van der Waals surface area (Å²) in [6, 6.07) is 9.51. The highest BCUT2D eigenvalue weighted by molar-refractivity contribution is 14.0. The summed E-state index contributed by atoms with van der Waals surface area (Å²) in [5.74, 6) is 1.28. The monoisotopic (exact) mass is 492 g/mol. The topological polar surface area (TPSA) is 66.4 Å². The third-order valence-electron chi connectivity index (χ3n) is 3.24. The van der Waals surface area contributed by atoms with Crippen LogP contribution in [0, 0.1) is 6.92 Å². The molecule has 5 nitrogen and oxygen atoms in total. The predicted octanol–water partition coefficient (Wildman–Crippen LogP) is 2.97. The molecule has 0 saturated heterocycles. The summed E-state index contributed by atoms with van der Waals surface area (Å²) in [6.45, 7) is 6.13. The van der Waals surface area contributed by atoms with E-state index in [-0.39, 0.29) is 24.0 Å². The van der Waals surface area contributed by atoms with Gasteiger partial charge in [-0.3, -0.25) is 9.20 Å². The van der Waals surface area contributed by atoms with Crippen molar-refractivity contribution in [1.29, 1.82) is 0 Å². The lowest BCUT2D eigenvalue weighted by Gasteiger charge is -2.10. The van der Waals surface area contributed by atoms with Gasteiger partial charge in [-0.1, -0.05) is 18.2 Å². The summed E-state index contributed by atoms with van der Waals surface area (Å²) in [5, 5.41) is 9.69. The molecule has 0 spiro atoms. The van der Waals surface area contributed by atoms with Gasteiger partial charge in [-0.05, 0) is 26.0 Å². The first-order chi connectivity index (χ1) is 11.7. The van der Waals surface area contributed by atoms with Crippen molar-refractivity contribution in [3.8, 4) is 0 Å². The Kier molecular flexibility index (Phi) is 10.9. The zero-order valence-corrected chi connectivity index (χ0v) is 18.5. The molecular weight excluding hydrogens is 467 g/mol. The van der Waals surface area contributed by atoms with Crippen LogP contribution < -0.4 is 10.6 Å². The number of rotatable bonds is 8. The van der Waals surface area contributed by atoms with Crippen molar-refractivity contribution in [2.45, 2.75) is 25.2 Å². The standard InChI is InChI=1S/C17H24N4OS2.HI/c1-3-18-17(19-10-9-15-13-23-14(2)21-15)20-11-12-24(22)16-7-5-4-6-8-16;/h4-8,13H,3,9-12H2,1-2H3,(H2,18,19,20);1H. The summed E-state index contributed by atoms with van der Waals surface area (Å²) in [7, 11) is -1.01. The first-order valence-electron chi connectivity index (χ1n) is 8.05. The molecule has 1 atom stereocenters. The smallest absolute Gasteiger partial charge is 0.191 e. The molecule has 0 saturated carbocycles. The Labute approximate surface area is 173 Å². The van der Waals surface area contributed by atoms with Crippen LogP contribution in [0.3, 0.4) is 0 Å². The average Bonchev–Trinajstić information content (AvgIpc) is 3.01. The Morgan fingerprint density at radius 3 is 2.68 bits per heavy atom. The van der Waals surface area contributed by atoms with Crippen LogP contribution in [-0.2, 0) is 17.2 Å². The highest BCUT2D eigenvalue weighted by Crippen LogP contribution is 2.07. The lowest BCUT2D eigenvalue weighted by Crippen LogP contribution is -2.38. The number of hydrogen-bond acceptors (Lipinski definition) is 4. The number of nitrogens with one attached hydrogen (secondary N) is 2. The van der Waals surface area contributed by atoms with Crippen LogP contribution in [0.1, 0.15) is 17.6 Å². The molecule has 1 heterocycles. The lowest BCUT2D eigenvalue weighted by molar-refractivity contribution is 0.682. The molecule has 138 valence electrons. The van der Waals surface area contributed by atoms with Crippen LogP contribution in [0.5, 0.6) is 0 Å². The molecule has 1 aromatic heterocycles. The van der Waals surface area contributed by atoms with E-state index in [1.54, 1.807) is 11.3 Å². The number of nitrogens with zero attached hydrogens (tertiary/aromatic N) is 2. The lowest BCUT2D eigenvalue weighted by atomic mass is 10.3. The number of aryl methyl sites for hydroxylation is 1. The van der Waals surface area contributed by atoms with Gasteiger partial charge in [0.25, 0.3) is 0 Å². The molecule has 25 heavy (non-hydrogen) atoms. The van der Waals surface area contributed by atoms with E-state index in [2.05, 4.69) is 26.0 Å². The molecule has 2 N–H and O–H groups in total. The van der Waals surface area contributed by atoms with E-state index in [4.69, 9.17) is 0 Å². The Morgan fingerprint density at radius 2 is 2.04 bits per heavy atom. The molecule has 1 aromatic carbocycles. The van der Waals surface area contributed by atoms with Crippen molar-refractivity contribution in [1.82, 2.24) is 15.6 Å². The van der Waals surface area contributed by atoms with Crippen molar-refractivity contribution in [2.75, 3.05) is 25.4 Å². The number of hydrogen-bond donors (Lipinski definition) is 2. The second kappa shape index (κ2) is 12.4. The number of benzene rings is 1. The molecule has 0 radical (unpaired) electrons. The maximum Gasteiger partial charge on any atom is 0.191 e. The van der Waals surface area contributed by atoms with Crippen molar-refractivity contribution < 1.29 is 4.21 Å². The maximum atomic E-state index is 12.2.